The van der Waals surface area contributed by atoms with E-state index in [0.717, 1.165) is 6.08 Å². The monoisotopic (exact) mass is 254 g/mol. The van der Waals surface area contributed by atoms with Crippen LogP contribution in [0.3, 0.4) is 0 Å². The second-order valence-electron chi connectivity index (χ2n) is 3.61. The standard InChI is InChI=1S/C10H7ClN2O4/c11-10(13(16)17)8-4-2-1-3-7(8)5-6-9(10)12(14)15/h1-6,9H. The Morgan fingerprint density at radius 1 is 1.24 bits per heavy atom. The van der Waals surface area contributed by atoms with Gasteiger partial charge in [0.05, 0.1) is 10.5 Å². The van der Waals surface area contributed by atoms with Crippen LogP contribution in [0.25, 0.3) is 6.08 Å². The fourth-order valence-corrected chi connectivity index (χ4v) is 2.18. The summed E-state index contributed by atoms with van der Waals surface area (Å²) in [4.78, 5) is 18.1. The van der Waals surface area contributed by atoms with Crippen molar-refractivity contribution < 1.29 is 9.85 Å². The van der Waals surface area contributed by atoms with Crippen molar-refractivity contribution in [3.63, 3.8) is 0 Å². The smallest absolute Gasteiger partial charge is 0.264 e. The van der Waals surface area contributed by atoms with Crippen LogP contribution in [0.4, 0.5) is 0 Å². The van der Waals surface area contributed by atoms with Gasteiger partial charge in [0.1, 0.15) is 0 Å². The highest BCUT2D eigenvalue weighted by Crippen LogP contribution is 2.41. The molecule has 0 saturated carbocycles. The van der Waals surface area contributed by atoms with E-state index in [2.05, 4.69) is 0 Å². The van der Waals surface area contributed by atoms with Gasteiger partial charge in [-0.1, -0.05) is 24.3 Å². The zero-order chi connectivity index (χ0) is 12.6. The van der Waals surface area contributed by atoms with E-state index in [1.165, 1.54) is 12.1 Å². The van der Waals surface area contributed by atoms with Gasteiger partial charge in [-0.05, 0) is 29.3 Å². The summed E-state index contributed by atoms with van der Waals surface area (Å²) in [5.41, 5.74) is 0.674. The fraction of sp³-hybridized carbons (Fsp3) is 0.200. The average Bonchev–Trinajstić information content (AvgIpc) is 2.29. The summed E-state index contributed by atoms with van der Waals surface area (Å²) in [5.74, 6) is 0. The van der Waals surface area contributed by atoms with Crippen molar-refractivity contribution >= 4 is 17.7 Å². The molecule has 0 bridgehead atoms. The second kappa shape index (κ2) is 3.81. The summed E-state index contributed by atoms with van der Waals surface area (Å²) in [5, 5.41) is 21.9. The Balaban J connectivity index is 2.68. The Kier molecular flexibility index (Phi) is 2.59. The highest BCUT2D eigenvalue weighted by molar-refractivity contribution is 6.23. The molecule has 1 aliphatic carbocycles. The van der Waals surface area contributed by atoms with Gasteiger partial charge < -0.3 is 0 Å². The third-order valence-corrected chi connectivity index (χ3v) is 3.25. The molecular weight excluding hydrogens is 248 g/mol. The second-order valence-corrected chi connectivity index (χ2v) is 4.18. The van der Waals surface area contributed by atoms with Crippen LogP contribution in [0.15, 0.2) is 30.3 Å². The third kappa shape index (κ3) is 1.57. The van der Waals surface area contributed by atoms with Crippen LogP contribution < -0.4 is 0 Å². The number of hydrogen-bond donors (Lipinski definition) is 0. The Morgan fingerprint density at radius 2 is 1.88 bits per heavy atom. The van der Waals surface area contributed by atoms with Crippen LogP contribution >= 0.6 is 11.6 Å². The van der Waals surface area contributed by atoms with E-state index in [-0.39, 0.29) is 5.56 Å². The van der Waals surface area contributed by atoms with Gasteiger partial charge in [0, 0.05) is 4.92 Å². The van der Waals surface area contributed by atoms with Crippen LogP contribution in [-0.2, 0) is 5.00 Å². The third-order valence-electron chi connectivity index (χ3n) is 2.68. The first kappa shape index (κ1) is 11.5. The van der Waals surface area contributed by atoms with Crippen molar-refractivity contribution in [1.82, 2.24) is 0 Å². The molecular formula is C10H7ClN2O4. The van der Waals surface area contributed by atoms with Crippen molar-refractivity contribution in [2.45, 2.75) is 11.0 Å². The highest BCUT2D eigenvalue weighted by atomic mass is 35.5. The molecule has 1 aromatic rings. The van der Waals surface area contributed by atoms with Gasteiger partial charge in [0.25, 0.3) is 0 Å². The highest BCUT2D eigenvalue weighted by Gasteiger charge is 2.59. The van der Waals surface area contributed by atoms with Crippen molar-refractivity contribution in [2.24, 2.45) is 0 Å². The number of halogens is 1. The van der Waals surface area contributed by atoms with Crippen molar-refractivity contribution in [3.05, 3.63) is 61.7 Å². The lowest BCUT2D eigenvalue weighted by Crippen LogP contribution is -2.46. The number of fused-ring (bicyclic) bond motifs is 1. The molecule has 88 valence electrons. The molecule has 17 heavy (non-hydrogen) atoms. The Hall–Kier alpha value is -1.95. The zero-order valence-electron chi connectivity index (χ0n) is 8.45. The minimum Gasteiger partial charge on any atom is -0.264 e. The summed E-state index contributed by atoms with van der Waals surface area (Å²) < 4.78 is 0. The van der Waals surface area contributed by atoms with Gasteiger partial charge >= 0.3 is 11.0 Å². The molecule has 2 atom stereocenters. The molecule has 0 amide bonds. The number of benzene rings is 1. The first-order valence-electron chi connectivity index (χ1n) is 4.72. The summed E-state index contributed by atoms with van der Waals surface area (Å²) in [6.07, 6.45) is 2.63. The number of hydrogen-bond acceptors (Lipinski definition) is 4. The van der Waals surface area contributed by atoms with Gasteiger partial charge in [-0.3, -0.25) is 20.2 Å². The van der Waals surface area contributed by atoms with Gasteiger partial charge in [0.15, 0.2) is 0 Å². The molecule has 0 spiro atoms. The van der Waals surface area contributed by atoms with Gasteiger partial charge in [-0.25, -0.2) is 0 Å². The fourth-order valence-electron chi connectivity index (χ4n) is 1.86. The van der Waals surface area contributed by atoms with E-state index in [4.69, 9.17) is 11.6 Å². The normalized spacial score (nSPS) is 26.3. The molecule has 0 N–H and O–H groups in total. The lowest BCUT2D eigenvalue weighted by Gasteiger charge is -2.24. The van der Waals surface area contributed by atoms with Crippen LogP contribution in [-0.4, -0.2) is 15.9 Å². The van der Waals surface area contributed by atoms with E-state index in [1.807, 2.05) is 0 Å². The van der Waals surface area contributed by atoms with Crippen LogP contribution in [0, 0.1) is 20.2 Å². The maximum absolute atomic E-state index is 11.1. The summed E-state index contributed by atoms with van der Waals surface area (Å²) in [7, 11) is 0. The van der Waals surface area contributed by atoms with Crippen molar-refractivity contribution in [3.8, 4) is 0 Å². The largest absolute Gasteiger partial charge is 0.390 e. The SMILES string of the molecule is O=[N+]([O-])C1C=Cc2ccccc2C1(Cl)[N+](=O)[O-]. The molecule has 0 heterocycles. The Bertz CT molecular complexity index is 531. The maximum Gasteiger partial charge on any atom is 0.390 e. The van der Waals surface area contributed by atoms with Gasteiger partial charge in [-0.15, -0.1) is 0 Å². The van der Waals surface area contributed by atoms with Crippen LogP contribution in [0.5, 0.6) is 0 Å². The van der Waals surface area contributed by atoms with Gasteiger partial charge in [0.2, 0.25) is 0 Å². The Morgan fingerprint density at radius 3 is 2.47 bits per heavy atom. The summed E-state index contributed by atoms with van der Waals surface area (Å²) in [6.45, 7) is 0. The molecule has 0 aliphatic heterocycles. The van der Waals surface area contributed by atoms with E-state index in [0.29, 0.717) is 5.56 Å². The minimum atomic E-state index is -2.24. The maximum atomic E-state index is 11.1. The lowest BCUT2D eigenvalue weighted by molar-refractivity contribution is -0.630. The molecule has 0 radical (unpaired) electrons. The molecule has 0 aromatic heterocycles. The quantitative estimate of drug-likeness (QED) is 0.350. The molecule has 0 fully saturated rings. The predicted molar refractivity (Wildman–Crippen MR) is 60.8 cm³/mol. The van der Waals surface area contributed by atoms with Gasteiger partial charge in [-0.2, -0.15) is 0 Å². The molecule has 0 saturated heterocycles. The topological polar surface area (TPSA) is 86.3 Å². The van der Waals surface area contributed by atoms with Crippen LogP contribution in [0.1, 0.15) is 11.1 Å². The van der Waals surface area contributed by atoms with Crippen LogP contribution in [0.2, 0.25) is 0 Å². The molecule has 6 nitrogen and oxygen atoms in total. The Labute approximate surface area is 101 Å². The van der Waals surface area contributed by atoms with Crippen molar-refractivity contribution in [1.29, 1.82) is 0 Å². The van der Waals surface area contributed by atoms with E-state index >= 15 is 0 Å². The molecule has 1 aliphatic rings. The van der Waals surface area contributed by atoms with Crippen molar-refractivity contribution in [2.75, 3.05) is 0 Å². The van der Waals surface area contributed by atoms with E-state index in [1.54, 1.807) is 18.2 Å². The first-order chi connectivity index (χ1) is 7.98. The summed E-state index contributed by atoms with van der Waals surface area (Å²) in [6, 6.07) is 4.74. The molecule has 2 rings (SSSR count). The number of alkyl halides is 1. The summed E-state index contributed by atoms with van der Waals surface area (Å²) >= 11 is 5.91. The molecule has 2 unspecified atom stereocenters. The average molecular weight is 255 g/mol. The molecule has 1 aromatic carbocycles. The number of nitro groups is 2. The number of rotatable bonds is 2. The van der Waals surface area contributed by atoms with E-state index in [9.17, 15) is 20.2 Å². The predicted octanol–water partition coefficient (Wildman–Crippen LogP) is 2.03. The minimum absolute atomic E-state index is 0.149. The van der Waals surface area contributed by atoms with E-state index < -0.39 is 20.9 Å². The first-order valence-corrected chi connectivity index (χ1v) is 5.10. The molecule has 7 heteroatoms. The lowest BCUT2D eigenvalue weighted by atomic mass is 9.89. The zero-order valence-corrected chi connectivity index (χ0v) is 9.20. The number of nitrogens with zero attached hydrogens (tertiary/aromatic N) is 2.